The lowest BCUT2D eigenvalue weighted by atomic mass is 10.1. The standard InChI is InChI=1S/C19H20N6O2S/c1-12-3-2-4-15(9-12)28(26,27)24-14-6-5-13(10-14)19-23-22-17-11-21-18-16(25(17)19)7-8-20-18/h2-4,7-9,11,13-14,20,24H,5-6,10H2,1H3/t13-,14+/m1/s1. The van der Waals surface area contributed by atoms with E-state index in [2.05, 4.69) is 24.9 Å². The van der Waals surface area contributed by atoms with Gasteiger partial charge >= 0.3 is 0 Å². The van der Waals surface area contributed by atoms with E-state index in [0.29, 0.717) is 17.0 Å². The van der Waals surface area contributed by atoms with Crippen molar-refractivity contribution in [3.8, 4) is 0 Å². The predicted molar refractivity (Wildman–Crippen MR) is 105 cm³/mol. The van der Waals surface area contributed by atoms with Crippen LogP contribution in [0.2, 0.25) is 0 Å². The number of aromatic amines is 1. The molecule has 2 atom stereocenters. The number of benzene rings is 1. The molecule has 9 heteroatoms. The molecule has 0 spiro atoms. The molecule has 1 aliphatic carbocycles. The van der Waals surface area contributed by atoms with Crippen molar-refractivity contribution in [2.45, 2.75) is 43.0 Å². The maximum atomic E-state index is 12.7. The van der Waals surface area contributed by atoms with Crippen LogP contribution in [0.4, 0.5) is 0 Å². The molecule has 28 heavy (non-hydrogen) atoms. The average Bonchev–Trinajstić information content (AvgIpc) is 3.39. The van der Waals surface area contributed by atoms with Crippen molar-refractivity contribution >= 4 is 26.8 Å². The molecule has 0 amide bonds. The Morgan fingerprint density at radius 3 is 2.96 bits per heavy atom. The van der Waals surface area contributed by atoms with Crippen LogP contribution in [-0.2, 0) is 10.0 Å². The normalized spacial score (nSPS) is 20.3. The van der Waals surface area contributed by atoms with Gasteiger partial charge in [-0.15, -0.1) is 10.2 Å². The second-order valence-electron chi connectivity index (χ2n) is 7.37. The lowest BCUT2D eigenvalue weighted by molar-refractivity contribution is 0.546. The van der Waals surface area contributed by atoms with E-state index in [1.54, 1.807) is 24.4 Å². The van der Waals surface area contributed by atoms with Crippen molar-refractivity contribution in [1.29, 1.82) is 0 Å². The zero-order valence-electron chi connectivity index (χ0n) is 15.3. The summed E-state index contributed by atoms with van der Waals surface area (Å²) in [4.78, 5) is 7.75. The molecule has 8 nitrogen and oxygen atoms in total. The van der Waals surface area contributed by atoms with Gasteiger partial charge in [0.2, 0.25) is 10.0 Å². The van der Waals surface area contributed by atoms with Gasteiger partial charge in [0.05, 0.1) is 16.6 Å². The van der Waals surface area contributed by atoms with Crippen LogP contribution in [0.15, 0.2) is 47.6 Å². The highest BCUT2D eigenvalue weighted by atomic mass is 32.2. The molecule has 0 aliphatic heterocycles. The molecular weight excluding hydrogens is 376 g/mol. The second kappa shape index (κ2) is 6.39. The van der Waals surface area contributed by atoms with E-state index in [1.165, 1.54) is 0 Å². The third-order valence-electron chi connectivity index (χ3n) is 5.39. The Labute approximate surface area is 162 Å². The summed E-state index contributed by atoms with van der Waals surface area (Å²) in [5, 5.41) is 8.64. The summed E-state index contributed by atoms with van der Waals surface area (Å²) in [6, 6.07) is 8.80. The van der Waals surface area contributed by atoms with Crippen LogP contribution >= 0.6 is 0 Å². The number of hydrogen-bond donors (Lipinski definition) is 2. The first-order valence-corrected chi connectivity index (χ1v) is 10.8. The number of nitrogens with zero attached hydrogens (tertiary/aromatic N) is 4. The summed E-state index contributed by atoms with van der Waals surface area (Å²) in [7, 11) is -3.53. The van der Waals surface area contributed by atoms with Crippen LogP contribution in [0.25, 0.3) is 16.8 Å². The van der Waals surface area contributed by atoms with Crippen molar-refractivity contribution in [1.82, 2.24) is 29.3 Å². The van der Waals surface area contributed by atoms with Gasteiger partial charge in [0.25, 0.3) is 0 Å². The van der Waals surface area contributed by atoms with Crippen LogP contribution in [0.5, 0.6) is 0 Å². The summed E-state index contributed by atoms with van der Waals surface area (Å²) in [5.74, 6) is 1.000. The molecule has 1 fully saturated rings. The summed E-state index contributed by atoms with van der Waals surface area (Å²) >= 11 is 0. The summed E-state index contributed by atoms with van der Waals surface area (Å²) in [6.07, 6.45) is 5.86. The molecule has 0 bridgehead atoms. The van der Waals surface area contributed by atoms with E-state index in [0.717, 1.165) is 35.4 Å². The van der Waals surface area contributed by atoms with E-state index < -0.39 is 10.0 Å². The molecule has 1 aliphatic rings. The first-order chi connectivity index (χ1) is 13.5. The molecule has 5 rings (SSSR count). The van der Waals surface area contributed by atoms with E-state index in [1.807, 2.05) is 29.7 Å². The molecule has 1 aromatic carbocycles. The van der Waals surface area contributed by atoms with Crippen molar-refractivity contribution in [3.05, 3.63) is 54.1 Å². The number of fused-ring (bicyclic) bond motifs is 3. The SMILES string of the molecule is Cc1cccc(S(=O)(=O)N[C@H]2CC[C@@H](c3nnc4cnc5[nH]ccc5n34)C2)c1. The third kappa shape index (κ3) is 2.87. The van der Waals surface area contributed by atoms with E-state index >= 15 is 0 Å². The van der Waals surface area contributed by atoms with Gasteiger partial charge in [-0.25, -0.2) is 18.1 Å². The molecule has 3 aromatic heterocycles. The van der Waals surface area contributed by atoms with Gasteiger partial charge in [-0.2, -0.15) is 0 Å². The highest BCUT2D eigenvalue weighted by Crippen LogP contribution is 2.35. The minimum atomic E-state index is -3.53. The number of nitrogens with one attached hydrogen (secondary N) is 2. The van der Waals surface area contributed by atoms with Gasteiger partial charge < -0.3 is 4.98 Å². The van der Waals surface area contributed by atoms with Gasteiger partial charge in [0.1, 0.15) is 5.82 Å². The Morgan fingerprint density at radius 2 is 2.11 bits per heavy atom. The minimum Gasteiger partial charge on any atom is -0.345 e. The number of hydrogen-bond acceptors (Lipinski definition) is 5. The molecule has 1 saturated carbocycles. The van der Waals surface area contributed by atoms with Gasteiger partial charge in [0.15, 0.2) is 11.3 Å². The van der Waals surface area contributed by atoms with Crippen LogP contribution in [-0.4, -0.2) is 39.0 Å². The Hall–Kier alpha value is -2.78. The Morgan fingerprint density at radius 1 is 1.21 bits per heavy atom. The Balaban J connectivity index is 1.41. The third-order valence-corrected chi connectivity index (χ3v) is 6.90. The highest BCUT2D eigenvalue weighted by molar-refractivity contribution is 7.89. The first kappa shape index (κ1) is 17.3. The van der Waals surface area contributed by atoms with Crippen LogP contribution < -0.4 is 4.72 Å². The fourth-order valence-corrected chi connectivity index (χ4v) is 5.44. The lowest BCUT2D eigenvalue weighted by Gasteiger charge is -2.14. The largest absolute Gasteiger partial charge is 0.345 e. The molecule has 0 saturated heterocycles. The van der Waals surface area contributed by atoms with Crippen molar-refractivity contribution < 1.29 is 8.42 Å². The maximum absolute atomic E-state index is 12.7. The van der Waals surface area contributed by atoms with Gasteiger partial charge in [-0.05, 0) is 49.9 Å². The van der Waals surface area contributed by atoms with Gasteiger partial charge in [-0.1, -0.05) is 12.1 Å². The molecule has 0 radical (unpaired) electrons. The Kier molecular flexibility index (Phi) is 3.95. The zero-order chi connectivity index (χ0) is 19.3. The van der Waals surface area contributed by atoms with Gasteiger partial charge in [0, 0.05) is 18.2 Å². The van der Waals surface area contributed by atoms with Crippen molar-refractivity contribution in [3.63, 3.8) is 0 Å². The fraction of sp³-hybridized carbons (Fsp3) is 0.316. The van der Waals surface area contributed by atoms with E-state index in [-0.39, 0.29) is 12.0 Å². The average molecular weight is 396 g/mol. The summed E-state index contributed by atoms with van der Waals surface area (Å²) in [6.45, 7) is 1.89. The topological polar surface area (TPSA) is 105 Å². The molecule has 3 heterocycles. The zero-order valence-corrected chi connectivity index (χ0v) is 16.1. The van der Waals surface area contributed by atoms with Crippen LogP contribution in [0.1, 0.15) is 36.6 Å². The highest BCUT2D eigenvalue weighted by Gasteiger charge is 2.32. The Bertz CT molecular complexity index is 1280. The number of aromatic nitrogens is 5. The van der Waals surface area contributed by atoms with E-state index in [4.69, 9.17) is 0 Å². The second-order valence-corrected chi connectivity index (χ2v) is 9.08. The maximum Gasteiger partial charge on any atom is 0.240 e. The molecule has 144 valence electrons. The van der Waals surface area contributed by atoms with Crippen LogP contribution in [0.3, 0.4) is 0 Å². The first-order valence-electron chi connectivity index (χ1n) is 9.27. The van der Waals surface area contributed by atoms with Crippen LogP contribution in [0, 0.1) is 6.92 Å². The van der Waals surface area contributed by atoms with Gasteiger partial charge in [-0.3, -0.25) is 4.40 Å². The number of sulfonamides is 1. The number of aryl methyl sites for hydroxylation is 1. The predicted octanol–water partition coefficient (Wildman–Crippen LogP) is 2.53. The number of H-pyrrole nitrogens is 1. The van der Waals surface area contributed by atoms with Crippen molar-refractivity contribution in [2.75, 3.05) is 0 Å². The monoisotopic (exact) mass is 396 g/mol. The van der Waals surface area contributed by atoms with E-state index in [9.17, 15) is 8.42 Å². The van der Waals surface area contributed by atoms with Crippen molar-refractivity contribution in [2.24, 2.45) is 0 Å². The minimum absolute atomic E-state index is 0.119. The molecular formula is C19H20N6O2S. The summed E-state index contributed by atoms with van der Waals surface area (Å²) < 4.78 is 30.3. The quantitative estimate of drug-likeness (QED) is 0.551. The number of rotatable bonds is 4. The lowest BCUT2D eigenvalue weighted by Crippen LogP contribution is -2.33. The molecule has 4 aromatic rings. The summed E-state index contributed by atoms with van der Waals surface area (Å²) in [5.41, 5.74) is 3.33. The fourth-order valence-electron chi connectivity index (χ4n) is 4.06. The smallest absolute Gasteiger partial charge is 0.240 e. The molecule has 0 unspecified atom stereocenters. The molecule has 2 N–H and O–H groups in total.